The van der Waals surface area contributed by atoms with Gasteiger partial charge in [-0.25, -0.2) is 5.32 Å². The van der Waals surface area contributed by atoms with E-state index < -0.39 is 0 Å². The Kier molecular flexibility index (Phi) is 3.42. The molecule has 1 fully saturated rings. The van der Waals surface area contributed by atoms with Gasteiger partial charge in [0, 0.05) is 13.1 Å². The fourth-order valence-electron chi connectivity index (χ4n) is 2.53. The molecule has 2 rings (SSSR count). The maximum Gasteiger partial charge on any atom is 0.0136 e. The van der Waals surface area contributed by atoms with Crippen LogP contribution in [0.1, 0.15) is 29.5 Å². The third kappa shape index (κ3) is 3.07. The Hall–Kier alpha value is -0.820. The summed E-state index contributed by atoms with van der Waals surface area (Å²) < 4.78 is 0. The maximum atomic E-state index is 4.40. The summed E-state index contributed by atoms with van der Waals surface area (Å²) in [6.45, 7) is 6.53. The van der Waals surface area contributed by atoms with E-state index in [1.54, 1.807) is 0 Å². The Morgan fingerprint density at radius 2 is 1.67 bits per heavy atom. The van der Waals surface area contributed by atoms with Crippen LogP contribution < -0.4 is 5.32 Å². The summed E-state index contributed by atoms with van der Waals surface area (Å²) in [7, 11) is 0. The fourth-order valence-corrected chi connectivity index (χ4v) is 2.53. The van der Waals surface area contributed by atoms with E-state index >= 15 is 0 Å². The van der Waals surface area contributed by atoms with Gasteiger partial charge >= 0.3 is 0 Å². The van der Waals surface area contributed by atoms with Crippen LogP contribution in [0, 0.1) is 19.8 Å². The van der Waals surface area contributed by atoms with Gasteiger partial charge < -0.3 is 0 Å². The van der Waals surface area contributed by atoms with Crippen LogP contribution in [0.15, 0.2) is 18.2 Å². The molecule has 0 N–H and O–H groups in total. The summed E-state index contributed by atoms with van der Waals surface area (Å²) in [5.41, 5.74) is 4.30. The summed E-state index contributed by atoms with van der Waals surface area (Å²) in [6, 6.07) is 6.91. The molecular weight excluding hydrogens is 182 g/mol. The van der Waals surface area contributed by atoms with Crippen molar-refractivity contribution in [1.82, 2.24) is 5.32 Å². The number of benzene rings is 1. The molecule has 0 bridgehead atoms. The molecule has 1 saturated heterocycles. The average Bonchev–Trinajstić information content (AvgIpc) is 2.17. The third-order valence-corrected chi connectivity index (χ3v) is 3.20. The topological polar surface area (TPSA) is 14.1 Å². The number of hydrogen-bond acceptors (Lipinski definition) is 0. The average molecular weight is 202 g/mol. The second kappa shape index (κ2) is 4.80. The van der Waals surface area contributed by atoms with Gasteiger partial charge in [0.05, 0.1) is 0 Å². The van der Waals surface area contributed by atoms with E-state index in [1.807, 2.05) is 0 Å². The lowest BCUT2D eigenvalue weighted by molar-refractivity contribution is 0.368. The zero-order chi connectivity index (χ0) is 10.7. The monoisotopic (exact) mass is 202 g/mol. The van der Waals surface area contributed by atoms with Crippen molar-refractivity contribution >= 4 is 0 Å². The zero-order valence-corrected chi connectivity index (χ0v) is 9.79. The van der Waals surface area contributed by atoms with Gasteiger partial charge in [-0.2, -0.15) is 0 Å². The van der Waals surface area contributed by atoms with E-state index in [0.717, 1.165) is 19.0 Å². The second-order valence-corrected chi connectivity index (χ2v) is 4.81. The molecule has 1 aromatic rings. The molecule has 0 saturated carbocycles. The van der Waals surface area contributed by atoms with Gasteiger partial charge in [-0.1, -0.05) is 29.3 Å². The minimum atomic E-state index is 0.865. The molecule has 1 aliphatic heterocycles. The molecule has 0 unspecified atom stereocenters. The van der Waals surface area contributed by atoms with Gasteiger partial charge in [0.2, 0.25) is 0 Å². The van der Waals surface area contributed by atoms with Gasteiger partial charge in [-0.05, 0) is 44.6 Å². The van der Waals surface area contributed by atoms with Gasteiger partial charge in [0.25, 0.3) is 0 Å². The van der Waals surface area contributed by atoms with E-state index in [0.29, 0.717) is 0 Å². The highest BCUT2D eigenvalue weighted by molar-refractivity contribution is 5.28. The lowest BCUT2D eigenvalue weighted by Crippen LogP contribution is -2.23. The van der Waals surface area contributed by atoms with Crippen molar-refractivity contribution in [3.8, 4) is 0 Å². The Morgan fingerprint density at radius 1 is 1.07 bits per heavy atom. The number of piperidine rings is 1. The van der Waals surface area contributed by atoms with Crippen LogP contribution >= 0.6 is 0 Å². The molecular formula is C14H20N. The van der Waals surface area contributed by atoms with Crippen molar-refractivity contribution < 1.29 is 0 Å². The Labute approximate surface area is 92.9 Å². The zero-order valence-electron chi connectivity index (χ0n) is 9.79. The number of nitrogens with zero attached hydrogens (tertiary/aromatic N) is 1. The van der Waals surface area contributed by atoms with E-state index in [9.17, 15) is 0 Å². The van der Waals surface area contributed by atoms with Crippen LogP contribution in [-0.4, -0.2) is 13.1 Å². The van der Waals surface area contributed by atoms with Crippen LogP contribution in [0.5, 0.6) is 0 Å². The molecule has 0 atom stereocenters. The third-order valence-electron chi connectivity index (χ3n) is 3.20. The summed E-state index contributed by atoms with van der Waals surface area (Å²) >= 11 is 0. The molecule has 1 aliphatic rings. The van der Waals surface area contributed by atoms with Crippen molar-refractivity contribution in [3.05, 3.63) is 34.9 Å². The van der Waals surface area contributed by atoms with Crippen molar-refractivity contribution in [1.29, 1.82) is 0 Å². The molecule has 1 nitrogen and oxygen atoms in total. The molecule has 0 aromatic heterocycles. The maximum absolute atomic E-state index is 4.40. The van der Waals surface area contributed by atoms with Crippen LogP contribution in [-0.2, 0) is 6.42 Å². The minimum Gasteiger partial charge on any atom is -0.242 e. The van der Waals surface area contributed by atoms with Crippen LogP contribution in [0.3, 0.4) is 0 Å². The quantitative estimate of drug-likeness (QED) is 0.700. The van der Waals surface area contributed by atoms with E-state index in [2.05, 4.69) is 37.4 Å². The SMILES string of the molecule is Cc1cc(C)cc(CC2CC[N]CC2)c1. The van der Waals surface area contributed by atoms with Crippen molar-refractivity contribution in [3.63, 3.8) is 0 Å². The number of rotatable bonds is 2. The first-order valence-corrected chi connectivity index (χ1v) is 5.94. The number of aryl methyl sites for hydroxylation is 2. The predicted octanol–water partition coefficient (Wildman–Crippen LogP) is 2.86. The Balaban J connectivity index is 2.02. The summed E-state index contributed by atoms with van der Waals surface area (Å²) in [4.78, 5) is 0. The first-order chi connectivity index (χ1) is 7.24. The van der Waals surface area contributed by atoms with Gasteiger partial charge in [0.1, 0.15) is 0 Å². The predicted molar refractivity (Wildman–Crippen MR) is 64.2 cm³/mol. The van der Waals surface area contributed by atoms with E-state index in [1.165, 1.54) is 36.0 Å². The molecule has 0 spiro atoms. The first-order valence-electron chi connectivity index (χ1n) is 5.94. The van der Waals surface area contributed by atoms with Gasteiger partial charge in [0.15, 0.2) is 0 Å². The standard InChI is InChI=1S/C14H20N/c1-11-7-12(2)9-14(8-11)10-13-3-5-15-6-4-13/h7-9,13H,3-6,10H2,1-2H3. The summed E-state index contributed by atoms with van der Waals surface area (Å²) in [6.07, 6.45) is 3.82. The summed E-state index contributed by atoms with van der Waals surface area (Å²) in [5, 5.41) is 4.40. The van der Waals surface area contributed by atoms with Crippen molar-refractivity contribution in [2.45, 2.75) is 33.1 Å². The molecule has 0 amide bonds. The Morgan fingerprint density at radius 3 is 2.27 bits per heavy atom. The van der Waals surface area contributed by atoms with Crippen LogP contribution in [0.2, 0.25) is 0 Å². The van der Waals surface area contributed by atoms with E-state index in [-0.39, 0.29) is 0 Å². The Bertz CT molecular complexity index is 304. The highest BCUT2D eigenvalue weighted by atomic mass is 14.9. The lowest BCUT2D eigenvalue weighted by Gasteiger charge is -2.21. The van der Waals surface area contributed by atoms with Crippen LogP contribution in [0.25, 0.3) is 0 Å². The molecule has 1 heterocycles. The fraction of sp³-hybridized carbons (Fsp3) is 0.571. The smallest absolute Gasteiger partial charge is 0.0136 e. The minimum absolute atomic E-state index is 0.865. The largest absolute Gasteiger partial charge is 0.242 e. The molecule has 81 valence electrons. The highest BCUT2D eigenvalue weighted by Gasteiger charge is 2.14. The molecule has 15 heavy (non-hydrogen) atoms. The van der Waals surface area contributed by atoms with Crippen molar-refractivity contribution in [2.24, 2.45) is 5.92 Å². The van der Waals surface area contributed by atoms with Gasteiger partial charge in [-0.15, -0.1) is 0 Å². The van der Waals surface area contributed by atoms with Crippen LogP contribution in [0.4, 0.5) is 0 Å². The number of hydrogen-bond donors (Lipinski definition) is 0. The molecule has 1 aromatic carbocycles. The van der Waals surface area contributed by atoms with Gasteiger partial charge in [-0.3, -0.25) is 0 Å². The lowest BCUT2D eigenvalue weighted by atomic mass is 9.90. The highest BCUT2D eigenvalue weighted by Crippen LogP contribution is 2.20. The molecule has 1 radical (unpaired) electrons. The normalized spacial score (nSPS) is 18.0. The molecule has 1 heteroatoms. The summed E-state index contributed by atoms with van der Waals surface area (Å²) in [5.74, 6) is 0.865. The van der Waals surface area contributed by atoms with E-state index in [4.69, 9.17) is 0 Å². The second-order valence-electron chi connectivity index (χ2n) is 4.81. The van der Waals surface area contributed by atoms with Crippen molar-refractivity contribution in [2.75, 3.05) is 13.1 Å². The first kappa shape index (κ1) is 10.7. The molecule has 0 aliphatic carbocycles.